The number of halogens is 1. The minimum Gasteiger partial charge on any atom is -0.366 e. The number of pyridine rings is 1. The molecule has 0 spiro atoms. The predicted octanol–water partition coefficient (Wildman–Crippen LogP) is 5.16. The number of hydrogen-bond acceptors (Lipinski definition) is 5. The molecule has 0 bridgehead atoms. The molecule has 2 N–H and O–H groups in total. The third-order valence-corrected chi connectivity index (χ3v) is 5.16. The van der Waals surface area contributed by atoms with Crippen LogP contribution in [0.4, 0.5) is 11.8 Å². The number of rotatable bonds is 6. The van der Waals surface area contributed by atoms with Gasteiger partial charge in [-0.05, 0) is 36.6 Å². The van der Waals surface area contributed by atoms with Crippen LogP contribution in [0.3, 0.4) is 0 Å². The third-order valence-electron chi connectivity index (χ3n) is 4.79. The summed E-state index contributed by atoms with van der Waals surface area (Å²) in [6.07, 6.45) is 8.44. The van der Waals surface area contributed by atoms with E-state index < -0.39 is 0 Å². The number of aromatic nitrogens is 3. The standard InChI is InChI=1S/C21H22ClN5/c22-18-10-4-1-6-15(18)14-24-20-12-19(16-7-5-11-23-13-16)26-21(27-20)25-17-8-2-3-9-17/h1,4-7,10-13,17H,2-3,8-9,14H2,(H2,24,25,26,27). The van der Waals surface area contributed by atoms with Crippen LogP contribution in [0, 0.1) is 0 Å². The summed E-state index contributed by atoms with van der Waals surface area (Å²) >= 11 is 6.27. The second kappa shape index (κ2) is 8.35. The number of anilines is 2. The van der Waals surface area contributed by atoms with Gasteiger partial charge in [-0.15, -0.1) is 0 Å². The fraction of sp³-hybridized carbons (Fsp3) is 0.286. The first-order valence-corrected chi connectivity index (χ1v) is 9.69. The highest BCUT2D eigenvalue weighted by Gasteiger charge is 2.17. The van der Waals surface area contributed by atoms with Crippen LogP contribution in [-0.2, 0) is 6.54 Å². The summed E-state index contributed by atoms with van der Waals surface area (Å²) in [6, 6.07) is 14.1. The first-order chi connectivity index (χ1) is 13.3. The van der Waals surface area contributed by atoms with Gasteiger partial charge >= 0.3 is 0 Å². The maximum atomic E-state index is 6.27. The van der Waals surface area contributed by atoms with Gasteiger partial charge in [0.15, 0.2) is 0 Å². The molecule has 0 unspecified atom stereocenters. The van der Waals surface area contributed by atoms with Crippen molar-refractivity contribution < 1.29 is 0 Å². The lowest BCUT2D eigenvalue weighted by Crippen LogP contribution is -2.17. The number of nitrogens with one attached hydrogen (secondary N) is 2. The maximum absolute atomic E-state index is 6.27. The Morgan fingerprint density at radius 1 is 1.04 bits per heavy atom. The van der Waals surface area contributed by atoms with Crippen molar-refractivity contribution in [2.75, 3.05) is 10.6 Å². The highest BCUT2D eigenvalue weighted by molar-refractivity contribution is 6.31. The number of hydrogen-bond donors (Lipinski definition) is 2. The molecule has 1 aromatic carbocycles. The Morgan fingerprint density at radius 3 is 2.67 bits per heavy atom. The van der Waals surface area contributed by atoms with Gasteiger partial charge in [-0.1, -0.05) is 42.6 Å². The van der Waals surface area contributed by atoms with E-state index >= 15 is 0 Å². The van der Waals surface area contributed by atoms with Gasteiger partial charge in [0.1, 0.15) is 5.82 Å². The van der Waals surface area contributed by atoms with Gasteiger partial charge in [-0.3, -0.25) is 4.98 Å². The Labute approximate surface area is 164 Å². The lowest BCUT2D eigenvalue weighted by molar-refractivity contribution is 0.744. The number of benzene rings is 1. The molecule has 2 heterocycles. The van der Waals surface area contributed by atoms with Crippen molar-refractivity contribution in [3.05, 3.63) is 65.4 Å². The predicted molar refractivity (Wildman–Crippen MR) is 110 cm³/mol. The second-order valence-electron chi connectivity index (χ2n) is 6.77. The van der Waals surface area contributed by atoms with Crippen molar-refractivity contribution >= 4 is 23.4 Å². The average molecular weight is 380 g/mol. The summed E-state index contributed by atoms with van der Waals surface area (Å²) in [5.41, 5.74) is 2.85. The summed E-state index contributed by atoms with van der Waals surface area (Å²) in [6.45, 7) is 0.603. The summed E-state index contributed by atoms with van der Waals surface area (Å²) in [5.74, 6) is 1.43. The molecule has 1 fully saturated rings. The number of nitrogens with zero attached hydrogens (tertiary/aromatic N) is 3. The van der Waals surface area contributed by atoms with E-state index in [9.17, 15) is 0 Å². The van der Waals surface area contributed by atoms with Crippen LogP contribution in [-0.4, -0.2) is 21.0 Å². The van der Waals surface area contributed by atoms with E-state index in [4.69, 9.17) is 16.6 Å². The topological polar surface area (TPSA) is 62.7 Å². The molecule has 0 atom stereocenters. The molecule has 0 amide bonds. The smallest absolute Gasteiger partial charge is 0.225 e. The van der Waals surface area contributed by atoms with Crippen molar-refractivity contribution in [3.8, 4) is 11.3 Å². The zero-order valence-electron chi connectivity index (χ0n) is 15.0. The molecular formula is C21H22ClN5. The normalized spacial score (nSPS) is 14.3. The molecule has 5 nitrogen and oxygen atoms in total. The van der Waals surface area contributed by atoms with Crippen molar-refractivity contribution in [1.82, 2.24) is 15.0 Å². The van der Waals surface area contributed by atoms with Gasteiger partial charge in [0.25, 0.3) is 0 Å². The molecule has 3 aromatic rings. The third kappa shape index (κ3) is 4.55. The van der Waals surface area contributed by atoms with E-state index in [2.05, 4.69) is 20.6 Å². The van der Waals surface area contributed by atoms with E-state index in [1.165, 1.54) is 25.7 Å². The van der Waals surface area contributed by atoms with Crippen LogP contribution < -0.4 is 10.6 Å². The molecule has 1 saturated carbocycles. The molecule has 0 aliphatic heterocycles. The molecular weight excluding hydrogens is 358 g/mol. The summed E-state index contributed by atoms with van der Waals surface area (Å²) in [4.78, 5) is 13.6. The molecule has 4 rings (SSSR count). The molecule has 27 heavy (non-hydrogen) atoms. The van der Waals surface area contributed by atoms with E-state index in [1.54, 1.807) is 6.20 Å². The Bertz CT molecular complexity index is 894. The van der Waals surface area contributed by atoms with E-state index in [1.807, 2.05) is 48.7 Å². The van der Waals surface area contributed by atoms with E-state index in [0.717, 1.165) is 27.7 Å². The van der Waals surface area contributed by atoms with E-state index in [-0.39, 0.29) is 0 Å². The average Bonchev–Trinajstić information content (AvgIpc) is 3.21. The van der Waals surface area contributed by atoms with Crippen LogP contribution in [0.5, 0.6) is 0 Å². The van der Waals surface area contributed by atoms with Crippen LogP contribution in [0.25, 0.3) is 11.3 Å². The molecule has 2 aromatic heterocycles. The Kier molecular flexibility index (Phi) is 5.49. The quantitative estimate of drug-likeness (QED) is 0.619. The Morgan fingerprint density at radius 2 is 1.89 bits per heavy atom. The van der Waals surface area contributed by atoms with E-state index in [0.29, 0.717) is 18.5 Å². The molecule has 1 aliphatic carbocycles. The van der Waals surface area contributed by atoms with Crippen molar-refractivity contribution in [2.24, 2.45) is 0 Å². The van der Waals surface area contributed by atoms with Gasteiger partial charge in [-0.25, -0.2) is 4.98 Å². The lowest BCUT2D eigenvalue weighted by Gasteiger charge is -2.15. The van der Waals surface area contributed by atoms with Crippen LogP contribution in [0.2, 0.25) is 5.02 Å². The maximum Gasteiger partial charge on any atom is 0.225 e. The van der Waals surface area contributed by atoms with Crippen LogP contribution >= 0.6 is 11.6 Å². The first-order valence-electron chi connectivity index (χ1n) is 9.31. The molecule has 0 saturated heterocycles. The largest absolute Gasteiger partial charge is 0.366 e. The summed E-state index contributed by atoms with van der Waals surface area (Å²) in [7, 11) is 0. The fourth-order valence-electron chi connectivity index (χ4n) is 3.34. The van der Waals surface area contributed by atoms with Crippen LogP contribution in [0.1, 0.15) is 31.2 Å². The SMILES string of the molecule is Clc1ccccc1CNc1cc(-c2cccnc2)nc(NC2CCCC2)n1. The van der Waals surface area contributed by atoms with Gasteiger partial charge < -0.3 is 10.6 Å². The minimum absolute atomic E-state index is 0.450. The minimum atomic E-state index is 0.450. The second-order valence-corrected chi connectivity index (χ2v) is 7.18. The summed E-state index contributed by atoms with van der Waals surface area (Å²) < 4.78 is 0. The Balaban J connectivity index is 1.59. The fourth-order valence-corrected chi connectivity index (χ4v) is 3.55. The highest BCUT2D eigenvalue weighted by atomic mass is 35.5. The Hall–Kier alpha value is -2.66. The summed E-state index contributed by atoms with van der Waals surface area (Å²) in [5, 5.41) is 7.62. The van der Waals surface area contributed by atoms with Gasteiger partial charge in [0, 0.05) is 41.6 Å². The first kappa shape index (κ1) is 17.7. The van der Waals surface area contributed by atoms with Gasteiger partial charge in [0.05, 0.1) is 5.69 Å². The highest BCUT2D eigenvalue weighted by Crippen LogP contribution is 2.25. The zero-order valence-corrected chi connectivity index (χ0v) is 15.8. The monoisotopic (exact) mass is 379 g/mol. The van der Waals surface area contributed by atoms with Gasteiger partial charge in [-0.2, -0.15) is 4.98 Å². The molecule has 6 heteroatoms. The van der Waals surface area contributed by atoms with Crippen molar-refractivity contribution in [3.63, 3.8) is 0 Å². The zero-order chi connectivity index (χ0) is 18.5. The molecule has 0 radical (unpaired) electrons. The molecule has 138 valence electrons. The van der Waals surface area contributed by atoms with Gasteiger partial charge in [0.2, 0.25) is 5.95 Å². The van der Waals surface area contributed by atoms with Crippen molar-refractivity contribution in [1.29, 1.82) is 0 Å². The van der Waals surface area contributed by atoms with Crippen LogP contribution in [0.15, 0.2) is 54.9 Å². The van der Waals surface area contributed by atoms with Crippen molar-refractivity contribution in [2.45, 2.75) is 38.3 Å². The molecule has 1 aliphatic rings. The lowest BCUT2D eigenvalue weighted by atomic mass is 10.2.